The van der Waals surface area contributed by atoms with Gasteiger partial charge in [0.05, 0.1) is 38.1 Å². The second kappa shape index (κ2) is 10.2. The normalized spacial score (nSPS) is 16.8. The van der Waals surface area contributed by atoms with Crippen molar-refractivity contribution in [2.45, 2.75) is 19.9 Å². The number of amides is 1. The first-order chi connectivity index (χ1) is 17.3. The third-order valence-corrected chi connectivity index (χ3v) is 6.79. The number of anilines is 1. The van der Waals surface area contributed by atoms with Gasteiger partial charge in [0.15, 0.2) is 5.13 Å². The van der Waals surface area contributed by atoms with E-state index in [-0.39, 0.29) is 21.3 Å². The Labute approximate surface area is 211 Å². The first-order valence-electron chi connectivity index (χ1n) is 11.0. The van der Waals surface area contributed by atoms with Crippen molar-refractivity contribution < 1.29 is 33.7 Å². The first kappa shape index (κ1) is 24.9. The zero-order chi connectivity index (χ0) is 26.0. The number of aromatic nitrogens is 1. The third kappa shape index (κ3) is 4.42. The van der Waals surface area contributed by atoms with Gasteiger partial charge in [0, 0.05) is 5.56 Å². The average Bonchev–Trinajstić information content (AvgIpc) is 3.40. The number of ether oxygens (including phenoxy) is 3. The van der Waals surface area contributed by atoms with Crippen molar-refractivity contribution in [2.24, 2.45) is 0 Å². The molecule has 4 rings (SSSR count). The highest BCUT2D eigenvalue weighted by atomic mass is 32.1. The molecular weight excluding hydrogens is 484 g/mol. The van der Waals surface area contributed by atoms with E-state index < -0.39 is 23.7 Å². The van der Waals surface area contributed by atoms with E-state index in [0.717, 1.165) is 11.3 Å². The molecule has 1 saturated heterocycles. The molecular formula is C26H24N2O7S. The Kier molecular flexibility index (Phi) is 7.07. The number of esters is 1. The van der Waals surface area contributed by atoms with Crippen LogP contribution >= 0.6 is 11.3 Å². The molecule has 1 aliphatic rings. The number of hydrogen-bond acceptors (Lipinski definition) is 9. The van der Waals surface area contributed by atoms with E-state index in [2.05, 4.69) is 4.98 Å². The van der Waals surface area contributed by atoms with Gasteiger partial charge in [0.1, 0.15) is 22.1 Å². The molecule has 1 aromatic heterocycles. The number of Topliss-reactive ketones (excluding diaryl/α,β-unsaturated/α-hetero) is 1. The zero-order valence-corrected chi connectivity index (χ0v) is 20.9. The summed E-state index contributed by atoms with van der Waals surface area (Å²) < 4.78 is 15.6. The van der Waals surface area contributed by atoms with Crippen LogP contribution in [-0.4, -0.2) is 48.6 Å². The highest BCUT2D eigenvalue weighted by Gasteiger charge is 2.48. The van der Waals surface area contributed by atoms with Crippen LogP contribution in [0.4, 0.5) is 5.13 Å². The maximum Gasteiger partial charge on any atom is 0.350 e. The van der Waals surface area contributed by atoms with Crippen molar-refractivity contribution in [3.8, 4) is 11.5 Å². The number of ketones is 1. The van der Waals surface area contributed by atoms with Crippen molar-refractivity contribution in [1.82, 2.24) is 4.98 Å². The Morgan fingerprint density at radius 3 is 2.47 bits per heavy atom. The van der Waals surface area contributed by atoms with Gasteiger partial charge < -0.3 is 19.3 Å². The minimum absolute atomic E-state index is 0.107. The second-order valence-corrected chi connectivity index (χ2v) is 8.78. The van der Waals surface area contributed by atoms with Crippen LogP contribution < -0.4 is 14.4 Å². The summed E-state index contributed by atoms with van der Waals surface area (Å²) in [5, 5.41) is 11.4. The third-order valence-electron chi connectivity index (χ3n) is 5.66. The van der Waals surface area contributed by atoms with E-state index in [9.17, 15) is 19.5 Å². The molecule has 186 valence electrons. The van der Waals surface area contributed by atoms with Gasteiger partial charge >= 0.3 is 11.9 Å². The number of aliphatic hydroxyl groups excluding tert-OH is 1. The van der Waals surface area contributed by atoms with Crippen LogP contribution in [0.25, 0.3) is 5.76 Å². The standard InChI is InChI=1S/C26H24N2O7S/c1-5-35-17-11-9-15(10-12-17)20-19(21(29)16-7-6-8-18(13-16)33-3)22(30)24(31)28(20)26-27-14(2)23(36-26)25(32)34-4/h6-13,20,29H,5H2,1-4H3/b21-19+. The highest BCUT2D eigenvalue weighted by Crippen LogP contribution is 2.44. The van der Waals surface area contributed by atoms with Crippen LogP contribution in [-0.2, 0) is 14.3 Å². The summed E-state index contributed by atoms with van der Waals surface area (Å²) in [7, 11) is 2.74. The smallest absolute Gasteiger partial charge is 0.350 e. The fourth-order valence-electron chi connectivity index (χ4n) is 3.95. The largest absolute Gasteiger partial charge is 0.507 e. The lowest BCUT2D eigenvalue weighted by Crippen LogP contribution is -2.29. The molecule has 2 heterocycles. The van der Waals surface area contributed by atoms with Crippen molar-refractivity contribution in [3.05, 3.63) is 75.8 Å². The van der Waals surface area contributed by atoms with Gasteiger partial charge in [-0.2, -0.15) is 0 Å². The lowest BCUT2D eigenvalue weighted by Gasteiger charge is -2.23. The number of carbonyl (C=O) groups excluding carboxylic acids is 3. The maximum atomic E-state index is 13.3. The maximum absolute atomic E-state index is 13.3. The topological polar surface area (TPSA) is 115 Å². The number of methoxy groups -OCH3 is 2. The number of carbonyl (C=O) groups is 3. The molecule has 9 nitrogen and oxygen atoms in total. The van der Waals surface area contributed by atoms with Gasteiger partial charge in [-0.15, -0.1) is 0 Å². The summed E-state index contributed by atoms with van der Waals surface area (Å²) in [6.07, 6.45) is 0. The Bertz CT molecular complexity index is 1360. The predicted molar refractivity (Wildman–Crippen MR) is 134 cm³/mol. The van der Waals surface area contributed by atoms with Crippen LogP contribution in [0.5, 0.6) is 11.5 Å². The van der Waals surface area contributed by atoms with E-state index in [1.54, 1.807) is 55.5 Å². The minimum Gasteiger partial charge on any atom is -0.507 e. The molecule has 1 amide bonds. The lowest BCUT2D eigenvalue weighted by atomic mass is 9.95. The molecule has 36 heavy (non-hydrogen) atoms. The summed E-state index contributed by atoms with van der Waals surface area (Å²) >= 11 is 0.939. The van der Waals surface area contributed by atoms with Crippen LogP contribution in [0.1, 0.15) is 39.5 Å². The van der Waals surface area contributed by atoms with Gasteiger partial charge in [0.2, 0.25) is 0 Å². The molecule has 0 saturated carbocycles. The number of aliphatic hydroxyl groups is 1. The van der Waals surface area contributed by atoms with Gasteiger partial charge in [-0.05, 0) is 43.7 Å². The van der Waals surface area contributed by atoms with Gasteiger partial charge in [-0.25, -0.2) is 9.78 Å². The fourth-order valence-corrected chi connectivity index (χ4v) is 4.96. The number of hydrogen-bond donors (Lipinski definition) is 1. The van der Waals surface area contributed by atoms with Gasteiger partial charge in [0.25, 0.3) is 5.78 Å². The Balaban J connectivity index is 1.91. The van der Waals surface area contributed by atoms with Gasteiger partial charge in [-0.1, -0.05) is 35.6 Å². The van der Waals surface area contributed by atoms with Gasteiger partial charge in [-0.3, -0.25) is 14.5 Å². The molecule has 0 bridgehead atoms. The number of aryl methyl sites for hydroxylation is 1. The lowest BCUT2D eigenvalue weighted by molar-refractivity contribution is -0.132. The van der Waals surface area contributed by atoms with Crippen molar-refractivity contribution in [3.63, 3.8) is 0 Å². The van der Waals surface area contributed by atoms with Crippen LogP contribution in [0.3, 0.4) is 0 Å². The van der Waals surface area contributed by atoms with E-state index in [1.807, 2.05) is 6.92 Å². The number of thiazole rings is 1. The molecule has 2 aromatic carbocycles. The molecule has 1 N–H and O–H groups in total. The highest BCUT2D eigenvalue weighted by molar-refractivity contribution is 7.17. The molecule has 3 aromatic rings. The van der Waals surface area contributed by atoms with E-state index in [1.165, 1.54) is 19.1 Å². The summed E-state index contributed by atoms with van der Waals surface area (Å²) in [6, 6.07) is 12.4. The van der Waals surface area contributed by atoms with Crippen molar-refractivity contribution in [2.75, 3.05) is 25.7 Å². The zero-order valence-electron chi connectivity index (χ0n) is 20.1. The number of benzene rings is 2. The molecule has 0 spiro atoms. The van der Waals surface area contributed by atoms with Crippen LogP contribution in [0, 0.1) is 6.92 Å². The molecule has 0 radical (unpaired) electrons. The molecule has 1 aliphatic heterocycles. The Morgan fingerprint density at radius 1 is 1.11 bits per heavy atom. The summed E-state index contributed by atoms with van der Waals surface area (Å²) in [5.41, 5.74) is 1.12. The molecule has 0 aliphatic carbocycles. The molecule has 1 unspecified atom stereocenters. The van der Waals surface area contributed by atoms with E-state index in [0.29, 0.717) is 34.9 Å². The molecule has 1 atom stereocenters. The molecule has 1 fully saturated rings. The summed E-state index contributed by atoms with van der Waals surface area (Å²) in [6.45, 7) is 3.95. The first-order valence-corrected chi connectivity index (χ1v) is 11.9. The number of nitrogens with zero attached hydrogens (tertiary/aromatic N) is 2. The number of rotatable bonds is 7. The quantitative estimate of drug-likeness (QED) is 0.218. The monoisotopic (exact) mass is 508 g/mol. The second-order valence-electron chi connectivity index (χ2n) is 7.81. The van der Waals surface area contributed by atoms with E-state index >= 15 is 0 Å². The predicted octanol–water partition coefficient (Wildman–Crippen LogP) is 4.27. The van der Waals surface area contributed by atoms with Crippen LogP contribution in [0.2, 0.25) is 0 Å². The summed E-state index contributed by atoms with van der Waals surface area (Å²) in [5.74, 6) is -1.60. The summed E-state index contributed by atoms with van der Waals surface area (Å²) in [4.78, 5) is 44.6. The van der Waals surface area contributed by atoms with Crippen molar-refractivity contribution >= 4 is 39.9 Å². The SMILES string of the molecule is CCOc1ccc(C2/C(=C(\O)c3cccc(OC)c3)C(=O)C(=O)N2c2nc(C)c(C(=O)OC)s2)cc1. The Morgan fingerprint density at radius 2 is 1.83 bits per heavy atom. The average molecular weight is 509 g/mol. The fraction of sp³-hybridized carbons (Fsp3) is 0.231. The minimum atomic E-state index is -0.997. The molecule has 10 heteroatoms. The van der Waals surface area contributed by atoms with Crippen molar-refractivity contribution in [1.29, 1.82) is 0 Å². The Hall–Kier alpha value is -4.18. The van der Waals surface area contributed by atoms with Crippen LogP contribution in [0.15, 0.2) is 54.1 Å². The van der Waals surface area contributed by atoms with E-state index in [4.69, 9.17) is 14.2 Å².